The van der Waals surface area contributed by atoms with Gasteiger partial charge in [0.15, 0.2) is 0 Å². The predicted octanol–water partition coefficient (Wildman–Crippen LogP) is 4.04. The van der Waals surface area contributed by atoms with E-state index in [9.17, 15) is 0 Å². The van der Waals surface area contributed by atoms with E-state index in [1.54, 1.807) is 0 Å². The van der Waals surface area contributed by atoms with Crippen molar-refractivity contribution in [1.82, 2.24) is 5.32 Å². The summed E-state index contributed by atoms with van der Waals surface area (Å²) in [6, 6.07) is 9.06. The first-order valence-electron chi connectivity index (χ1n) is 8.18. The summed E-state index contributed by atoms with van der Waals surface area (Å²) in [6.45, 7) is 8.76. The Morgan fingerprint density at radius 3 is 2.85 bits per heavy atom. The molecule has 20 heavy (non-hydrogen) atoms. The van der Waals surface area contributed by atoms with Gasteiger partial charge in [-0.05, 0) is 36.9 Å². The fourth-order valence-electron chi connectivity index (χ4n) is 3.36. The number of nitrogens with one attached hydrogen (secondary N) is 1. The van der Waals surface area contributed by atoms with E-state index in [2.05, 4.69) is 50.4 Å². The number of rotatable bonds is 7. The third-order valence-electron chi connectivity index (χ3n) is 4.38. The van der Waals surface area contributed by atoms with Crippen LogP contribution in [-0.2, 0) is 6.42 Å². The highest BCUT2D eigenvalue weighted by Crippen LogP contribution is 2.30. The van der Waals surface area contributed by atoms with Gasteiger partial charge in [0.1, 0.15) is 5.75 Å². The predicted molar refractivity (Wildman–Crippen MR) is 85.3 cm³/mol. The van der Waals surface area contributed by atoms with Crippen molar-refractivity contribution in [3.05, 3.63) is 29.8 Å². The standard InChI is InChI=1S/C18H29NO/c1-4-8-14(3)11-17(19-5-2)16-12-15-9-6-7-10-18(15)20-13-16/h6-7,9-10,14,16-17,19H,4-5,8,11-13H2,1-3H3. The average molecular weight is 275 g/mol. The van der Waals surface area contributed by atoms with E-state index in [1.807, 2.05) is 0 Å². The van der Waals surface area contributed by atoms with Crippen molar-refractivity contribution in [2.24, 2.45) is 11.8 Å². The first kappa shape index (κ1) is 15.4. The van der Waals surface area contributed by atoms with Crippen molar-refractivity contribution in [2.75, 3.05) is 13.2 Å². The first-order valence-corrected chi connectivity index (χ1v) is 8.18. The summed E-state index contributed by atoms with van der Waals surface area (Å²) >= 11 is 0. The molecule has 0 aliphatic carbocycles. The largest absolute Gasteiger partial charge is 0.493 e. The van der Waals surface area contributed by atoms with Crippen LogP contribution in [0, 0.1) is 11.8 Å². The van der Waals surface area contributed by atoms with E-state index in [0.717, 1.165) is 31.2 Å². The Kier molecular flexibility index (Phi) is 5.90. The van der Waals surface area contributed by atoms with E-state index in [1.165, 1.54) is 24.8 Å². The molecule has 2 heteroatoms. The van der Waals surface area contributed by atoms with Gasteiger partial charge in [0.05, 0.1) is 6.61 Å². The van der Waals surface area contributed by atoms with Crippen LogP contribution in [0.4, 0.5) is 0 Å². The van der Waals surface area contributed by atoms with Gasteiger partial charge in [-0.3, -0.25) is 0 Å². The summed E-state index contributed by atoms with van der Waals surface area (Å²) in [5, 5.41) is 3.69. The normalized spacial score (nSPS) is 20.9. The monoisotopic (exact) mass is 275 g/mol. The third kappa shape index (κ3) is 3.99. The Balaban J connectivity index is 2.00. The van der Waals surface area contributed by atoms with E-state index in [4.69, 9.17) is 4.74 Å². The first-order chi connectivity index (χ1) is 9.74. The third-order valence-corrected chi connectivity index (χ3v) is 4.38. The molecule has 0 aromatic heterocycles. The van der Waals surface area contributed by atoms with E-state index in [-0.39, 0.29) is 0 Å². The molecule has 0 saturated carbocycles. The van der Waals surface area contributed by atoms with Crippen LogP contribution in [0.3, 0.4) is 0 Å². The lowest BCUT2D eigenvalue weighted by Crippen LogP contribution is -2.42. The molecule has 1 heterocycles. The van der Waals surface area contributed by atoms with Crippen LogP contribution in [0.1, 0.15) is 45.6 Å². The van der Waals surface area contributed by atoms with Gasteiger partial charge in [0.2, 0.25) is 0 Å². The van der Waals surface area contributed by atoms with Crippen molar-refractivity contribution in [3.63, 3.8) is 0 Å². The zero-order valence-electron chi connectivity index (χ0n) is 13.2. The Morgan fingerprint density at radius 1 is 1.30 bits per heavy atom. The van der Waals surface area contributed by atoms with Gasteiger partial charge >= 0.3 is 0 Å². The molecule has 1 aromatic rings. The summed E-state index contributed by atoms with van der Waals surface area (Å²) in [5.74, 6) is 2.48. The maximum absolute atomic E-state index is 5.96. The van der Waals surface area contributed by atoms with Crippen LogP contribution in [-0.4, -0.2) is 19.2 Å². The second kappa shape index (κ2) is 7.68. The molecule has 1 aliphatic heterocycles. The summed E-state index contributed by atoms with van der Waals surface area (Å²) in [5.41, 5.74) is 1.37. The van der Waals surface area contributed by atoms with Gasteiger partial charge in [-0.2, -0.15) is 0 Å². The summed E-state index contributed by atoms with van der Waals surface area (Å²) in [4.78, 5) is 0. The van der Waals surface area contributed by atoms with Crippen LogP contribution >= 0.6 is 0 Å². The molecule has 1 aliphatic rings. The van der Waals surface area contributed by atoms with Crippen LogP contribution in [0.5, 0.6) is 5.75 Å². The number of hydrogen-bond acceptors (Lipinski definition) is 2. The second-order valence-electron chi connectivity index (χ2n) is 6.18. The number of benzene rings is 1. The van der Waals surface area contributed by atoms with E-state index < -0.39 is 0 Å². The smallest absolute Gasteiger partial charge is 0.122 e. The van der Waals surface area contributed by atoms with E-state index in [0.29, 0.717) is 12.0 Å². The van der Waals surface area contributed by atoms with Gasteiger partial charge in [-0.1, -0.05) is 51.8 Å². The van der Waals surface area contributed by atoms with Crippen molar-refractivity contribution in [1.29, 1.82) is 0 Å². The van der Waals surface area contributed by atoms with Gasteiger partial charge < -0.3 is 10.1 Å². The maximum Gasteiger partial charge on any atom is 0.122 e. The molecular weight excluding hydrogens is 246 g/mol. The number of fused-ring (bicyclic) bond motifs is 1. The van der Waals surface area contributed by atoms with Crippen molar-refractivity contribution in [3.8, 4) is 5.75 Å². The lowest BCUT2D eigenvalue weighted by Gasteiger charge is -2.33. The van der Waals surface area contributed by atoms with Crippen LogP contribution in [0.2, 0.25) is 0 Å². The van der Waals surface area contributed by atoms with Gasteiger partial charge in [0.25, 0.3) is 0 Å². The highest BCUT2D eigenvalue weighted by atomic mass is 16.5. The van der Waals surface area contributed by atoms with Crippen LogP contribution in [0.15, 0.2) is 24.3 Å². The second-order valence-corrected chi connectivity index (χ2v) is 6.18. The molecule has 1 N–H and O–H groups in total. The van der Waals surface area contributed by atoms with Crippen LogP contribution in [0.25, 0.3) is 0 Å². The number of hydrogen-bond donors (Lipinski definition) is 1. The topological polar surface area (TPSA) is 21.3 Å². The van der Waals surface area contributed by atoms with Gasteiger partial charge in [-0.25, -0.2) is 0 Å². The molecule has 0 saturated heterocycles. The molecular formula is C18H29NO. The Morgan fingerprint density at radius 2 is 2.10 bits per heavy atom. The minimum absolute atomic E-state index is 0.579. The molecule has 0 spiro atoms. The average Bonchev–Trinajstić information content (AvgIpc) is 2.46. The lowest BCUT2D eigenvalue weighted by molar-refractivity contribution is 0.170. The summed E-state index contributed by atoms with van der Waals surface area (Å²) in [6.07, 6.45) is 5.01. The SMILES string of the molecule is CCCC(C)CC(NCC)C1COc2ccccc2C1. The molecule has 1 aromatic carbocycles. The van der Waals surface area contributed by atoms with Gasteiger partial charge in [0, 0.05) is 12.0 Å². The Bertz CT molecular complexity index is 404. The zero-order chi connectivity index (χ0) is 14.4. The molecule has 3 unspecified atom stereocenters. The molecule has 0 bridgehead atoms. The highest BCUT2D eigenvalue weighted by molar-refractivity contribution is 5.35. The van der Waals surface area contributed by atoms with E-state index >= 15 is 0 Å². The molecule has 0 fully saturated rings. The molecule has 3 atom stereocenters. The highest BCUT2D eigenvalue weighted by Gasteiger charge is 2.27. The number of ether oxygens (including phenoxy) is 1. The Hall–Kier alpha value is -1.02. The molecule has 2 rings (SSSR count). The lowest BCUT2D eigenvalue weighted by atomic mass is 9.84. The fourth-order valence-corrected chi connectivity index (χ4v) is 3.36. The fraction of sp³-hybridized carbons (Fsp3) is 0.667. The minimum Gasteiger partial charge on any atom is -0.493 e. The van der Waals surface area contributed by atoms with Crippen molar-refractivity contribution < 1.29 is 4.74 Å². The summed E-state index contributed by atoms with van der Waals surface area (Å²) < 4.78 is 5.96. The summed E-state index contributed by atoms with van der Waals surface area (Å²) in [7, 11) is 0. The van der Waals surface area contributed by atoms with Crippen LogP contribution < -0.4 is 10.1 Å². The molecule has 2 nitrogen and oxygen atoms in total. The molecule has 0 radical (unpaired) electrons. The van der Waals surface area contributed by atoms with Crippen molar-refractivity contribution in [2.45, 2.75) is 52.5 Å². The maximum atomic E-state index is 5.96. The Labute approximate surface area is 123 Å². The zero-order valence-corrected chi connectivity index (χ0v) is 13.2. The van der Waals surface area contributed by atoms with Gasteiger partial charge in [-0.15, -0.1) is 0 Å². The molecule has 0 amide bonds. The minimum atomic E-state index is 0.579. The molecule has 112 valence electrons. The van der Waals surface area contributed by atoms with Crippen molar-refractivity contribution >= 4 is 0 Å². The number of para-hydroxylation sites is 1. The quantitative estimate of drug-likeness (QED) is 0.811.